The predicted octanol–water partition coefficient (Wildman–Crippen LogP) is 4.06. The number of ether oxygens (including phenoxy) is 1. The lowest BCUT2D eigenvalue weighted by atomic mass is 9.98. The highest BCUT2D eigenvalue weighted by Crippen LogP contribution is 2.28. The Morgan fingerprint density at radius 1 is 1.03 bits per heavy atom. The van der Waals surface area contributed by atoms with E-state index in [1.165, 1.54) is 0 Å². The SMILES string of the molecule is CCc1c(N)cccc1OCc1cc(C(=O)O)cc(-c2cccc(C(=N)N)c2)c1. The Bertz CT molecular complexity index is 1080. The first-order chi connectivity index (χ1) is 13.9. The van der Waals surface area contributed by atoms with Crippen LogP contribution in [0, 0.1) is 5.41 Å². The maximum absolute atomic E-state index is 11.6. The number of benzene rings is 3. The molecule has 6 N–H and O–H groups in total. The number of nitrogen functional groups attached to an aromatic ring is 2. The zero-order valence-corrected chi connectivity index (χ0v) is 16.1. The van der Waals surface area contributed by atoms with E-state index in [1.807, 2.05) is 37.3 Å². The highest BCUT2D eigenvalue weighted by molar-refractivity contribution is 5.96. The van der Waals surface area contributed by atoms with Crippen LogP contribution in [0.3, 0.4) is 0 Å². The second-order valence-electron chi connectivity index (χ2n) is 6.68. The maximum atomic E-state index is 11.6. The van der Waals surface area contributed by atoms with Crippen LogP contribution in [-0.4, -0.2) is 16.9 Å². The Balaban J connectivity index is 1.96. The van der Waals surface area contributed by atoms with E-state index in [2.05, 4.69) is 0 Å². The quantitative estimate of drug-likeness (QED) is 0.276. The van der Waals surface area contributed by atoms with Crippen molar-refractivity contribution in [3.8, 4) is 16.9 Å². The molecule has 0 bridgehead atoms. The van der Waals surface area contributed by atoms with Gasteiger partial charge in [-0.2, -0.15) is 0 Å². The summed E-state index contributed by atoms with van der Waals surface area (Å²) in [5.74, 6) is -0.374. The van der Waals surface area contributed by atoms with E-state index in [4.69, 9.17) is 21.6 Å². The van der Waals surface area contributed by atoms with Gasteiger partial charge >= 0.3 is 5.97 Å². The molecule has 3 rings (SSSR count). The monoisotopic (exact) mass is 389 g/mol. The average molecular weight is 389 g/mol. The third-order valence-electron chi connectivity index (χ3n) is 4.66. The number of rotatable bonds is 7. The fraction of sp³-hybridized carbons (Fsp3) is 0.130. The highest BCUT2D eigenvalue weighted by atomic mass is 16.5. The van der Waals surface area contributed by atoms with Crippen molar-refractivity contribution in [3.05, 3.63) is 82.9 Å². The summed E-state index contributed by atoms with van der Waals surface area (Å²) in [5, 5.41) is 17.1. The molecule has 0 saturated carbocycles. The van der Waals surface area contributed by atoms with Crippen LogP contribution in [0.5, 0.6) is 5.75 Å². The van der Waals surface area contributed by atoms with E-state index in [-0.39, 0.29) is 18.0 Å². The number of amidine groups is 1. The van der Waals surface area contributed by atoms with Gasteiger partial charge in [0.25, 0.3) is 0 Å². The first-order valence-electron chi connectivity index (χ1n) is 9.21. The molecule has 3 aromatic rings. The van der Waals surface area contributed by atoms with Crippen molar-refractivity contribution >= 4 is 17.5 Å². The fourth-order valence-corrected chi connectivity index (χ4v) is 3.19. The van der Waals surface area contributed by atoms with Crippen LogP contribution >= 0.6 is 0 Å². The molecule has 0 unspecified atom stereocenters. The summed E-state index contributed by atoms with van der Waals surface area (Å²) in [4.78, 5) is 11.6. The topological polar surface area (TPSA) is 122 Å². The zero-order chi connectivity index (χ0) is 21.0. The van der Waals surface area contributed by atoms with E-state index in [0.717, 1.165) is 28.7 Å². The van der Waals surface area contributed by atoms with Gasteiger partial charge in [0.2, 0.25) is 0 Å². The standard InChI is InChI=1S/C23H23N3O3/c1-2-19-20(24)7-4-8-21(19)29-13-14-9-17(12-18(10-14)23(27)28)15-5-3-6-16(11-15)22(25)26/h3-12H,2,13,24H2,1H3,(H3,25,26)(H,27,28). The van der Waals surface area contributed by atoms with Gasteiger partial charge in [0.15, 0.2) is 0 Å². The minimum absolute atomic E-state index is 0.0430. The van der Waals surface area contributed by atoms with Crippen LogP contribution in [0.15, 0.2) is 60.7 Å². The summed E-state index contributed by atoms with van der Waals surface area (Å²) in [6, 6.07) is 17.7. The molecule has 0 heterocycles. The zero-order valence-electron chi connectivity index (χ0n) is 16.1. The van der Waals surface area contributed by atoms with E-state index < -0.39 is 5.97 Å². The molecule has 0 atom stereocenters. The number of hydrogen-bond donors (Lipinski definition) is 4. The summed E-state index contributed by atoms with van der Waals surface area (Å²) in [5.41, 5.74) is 16.2. The van der Waals surface area contributed by atoms with Gasteiger partial charge in [-0.15, -0.1) is 0 Å². The number of nitrogens with one attached hydrogen (secondary N) is 1. The second kappa shape index (κ2) is 8.48. The van der Waals surface area contributed by atoms with Gasteiger partial charge in [0.05, 0.1) is 5.56 Å². The van der Waals surface area contributed by atoms with Gasteiger partial charge < -0.3 is 21.3 Å². The number of carbonyl (C=O) groups is 1. The van der Waals surface area contributed by atoms with E-state index >= 15 is 0 Å². The molecular weight excluding hydrogens is 366 g/mol. The van der Waals surface area contributed by atoms with Gasteiger partial charge in [-0.05, 0) is 59.5 Å². The van der Waals surface area contributed by atoms with E-state index in [9.17, 15) is 9.90 Å². The van der Waals surface area contributed by atoms with Gasteiger partial charge in [-0.3, -0.25) is 5.41 Å². The maximum Gasteiger partial charge on any atom is 0.335 e. The summed E-state index contributed by atoms with van der Waals surface area (Å²) in [7, 11) is 0. The molecule has 0 amide bonds. The Morgan fingerprint density at radius 3 is 2.45 bits per heavy atom. The van der Waals surface area contributed by atoms with Crippen molar-refractivity contribution in [2.75, 3.05) is 5.73 Å². The fourth-order valence-electron chi connectivity index (χ4n) is 3.19. The van der Waals surface area contributed by atoms with Crippen molar-refractivity contribution in [1.82, 2.24) is 0 Å². The molecule has 0 spiro atoms. The van der Waals surface area contributed by atoms with Gasteiger partial charge in [-0.25, -0.2) is 4.79 Å². The minimum Gasteiger partial charge on any atom is -0.489 e. The summed E-state index contributed by atoms with van der Waals surface area (Å²) < 4.78 is 5.96. The molecule has 0 aliphatic heterocycles. The van der Waals surface area contributed by atoms with Crippen molar-refractivity contribution in [2.45, 2.75) is 20.0 Å². The Labute approximate surface area is 169 Å². The Hall–Kier alpha value is -3.80. The lowest BCUT2D eigenvalue weighted by Gasteiger charge is -2.14. The molecule has 0 saturated heterocycles. The molecule has 0 aliphatic rings. The van der Waals surface area contributed by atoms with Crippen LogP contribution in [0.25, 0.3) is 11.1 Å². The molecule has 6 nitrogen and oxygen atoms in total. The molecule has 3 aromatic carbocycles. The molecule has 0 aromatic heterocycles. The smallest absolute Gasteiger partial charge is 0.335 e. The molecule has 6 heteroatoms. The molecule has 0 radical (unpaired) electrons. The third-order valence-corrected chi connectivity index (χ3v) is 4.66. The summed E-state index contributed by atoms with van der Waals surface area (Å²) in [6.45, 7) is 2.21. The lowest BCUT2D eigenvalue weighted by Crippen LogP contribution is -2.10. The minimum atomic E-state index is -1.02. The van der Waals surface area contributed by atoms with Crippen LogP contribution in [0.4, 0.5) is 5.69 Å². The van der Waals surface area contributed by atoms with E-state index in [1.54, 1.807) is 30.3 Å². The second-order valence-corrected chi connectivity index (χ2v) is 6.68. The molecular formula is C23H23N3O3. The molecule has 148 valence electrons. The number of aromatic carboxylic acids is 1. The molecule has 0 fully saturated rings. The average Bonchev–Trinajstić information content (AvgIpc) is 2.72. The first kappa shape index (κ1) is 19.9. The number of carboxylic acids is 1. The van der Waals surface area contributed by atoms with Gasteiger partial charge in [0, 0.05) is 16.8 Å². The Morgan fingerprint density at radius 2 is 1.76 bits per heavy atom. The van der Waals surface area contributed by atoms with Crippen molar-refractivity contribution < 1.29 is 14.6 Å². The third kappa shape index (κ3) is 4.55. The van der Waals surface area contributed by atoms with Gasteiger partial charge in [-0.1, -0.05) is 31.2 Å². The predicted molar refractivity (Wildman–Crippen MR) is 114 cm³/mol. The molecule has 0 aliphatic carbocycles. The van der Waals surface area contributed by atoms with Gasteiger partial charge in [0.1, 0.15) is 18.2 Å². The Kier molecular flexibility index (Phi) is 5.83. The van der Waals surface area contributed by atoms with Crippen molar-refractivity contribution in [3.63, 3.8) is 0 Å². The number of nitrogens with two attached hydrogens (primary N) is 2. The normalized spacial score (nSPS) is 10.5. The van der Waals surface area contributed by atoms with Crippen LogP contribution in [0.1, 0.15) is 34.0 Å². The summed E-state index contributed by atoms with van der Waals surface area (Å²) in [6.07, 6.45) is 0.736. The number of hydrogen-bond acceptors (Lipinski definition) is 4. The number of anilines is 1. The largest absolute Gasteiger partial charge is 0.489 e. The van der Waals surface area contributed by atoms with Crippen molar-refractivity contribution in [2.24, 2.45) is 5.73 Å². The highest BCUT2D eigenvalue weighted by Gasteiger charge is 2.11. The number of carboxylic acid groups (broad SMARTS) is 1. The summed E-state index contributed by atoms with van der Waals surface area (Å²) >= 11 is 0. The van der Waals surface area contributed by atoms with Crippen LogP contribution in [0.2, 0.25) is 0 Å². The van der Waals surface area contributed by atoms with Crippen LogP contribution in [-0.2, 0) is 13.0 Å². The van der Waals surface area contributed by atoms with Crippen LogP contribution < -0.4 is 16.2 Å². The van der Waals surface area contributed by atoms with Crippen molar-refractivity contribution in [1.29, 1.82) is 5.41 Å². The van der Waals surface area contributed by atoms with E-state index in [0.29, 0.717) is 17.0 Å². The molecule has 29 heavy (non-hydrogen) atoms. The first-order valence-corrected chi connectivity index (χ1v) is 9.21. The lowest BCUT2D eigenvalue weighted by molar-refractivity contribution is 0.0696.